The highest BCUT2D eigenvalue weighted by atomic mass is 32.2. The van der Waals surface area contributed by atoms with Crippen molar-refractivity contribution in [1.29, 1.82) is 0 Å². The molecule has 0 aliphatic heterocycles. The second kappa shape index (κ2) is 5.23. The zero-order valence-corrected chi connectivity index (χ0v) is 9.09. The summed E-state index contributed by atoms with van der Waals surface area (Å²) < 4.78 is 28.7. The fraction of sp³-hybridized carbons (Fsp3) is 0. The first kappa shape index (κ1) is 12.9. The second-order valence-electron chi connectivity index (χ2n) is 2.79. The lowest BCUT2D eigenvalue weighted by Gasteiger charge is -2.03. The lowest BCUT2D eigenvalue weighted by atomic mass is 10.3. The molecule has 0 amide bonds. The summed E-state index contributed by atoms with van der Waals surface area (Å²) in [4.78, 5) is 9.79. The van der Waals surface area contributed by atoms with Crippen LogP contribution in [0.1, 0.15) is 0 Å². The molecule has 0 aromatic heterocycles. The van der Waals surface area contributed by atoms with Gasteiger partial charge in [-0.25, -0.2) is 5.53 Å². The highest BCUT2D eigenvalue weighted by Crippen LogP contribution is 2.14. The molecule has 92 valence electrons. The van der Waals surface area contributed by atoms with E-state index >= 15 is 0 Å². The quantitative estimate of drug-likeness (QED) is 0.228. The SMILES string of the molecule is O=[N+]([O-])c1ccc(NNN=CS(=O)(=O)O)cc1. The molecule has 1 aromatic rings. The lowest BCUT2D eigenvalue weighted by molar-refractivity contribution is -0.384. The fourth-order valence-electron chi connectivity index (χ4n) is 0.856. The van der Waals surface area contributed by atoms with E-state index in [0.717, 1.165) is 0 Å². The number of nitrogens with one attached hydrogen (secondary N) is 2. The summed E-state index contributed by atoms with van der Waals surface area (Å²) in [6, 6.07) is 5.31. The Hall–Kier alpha value is -2.20. The number of nitrogens with zero attached hydrogens (tertiary/aromatic N) is 2. The predicted molar refractivity (Wildman–Crippen MR) is 59.9 cm³/mol. The van der Waals surface area contributed by atoms with Gasteiger partial charge in [-0.15, -0.1) is 0 Å². The molecular formula is C7H8N4O5S. The number of anilines is 1. The van der Waals surface area contributed by atoms with E-state index in [2.05, 4.69) is 16.1 Å². The second-order valence-corrected chi connectivity index (χ2v) is 4.03. The number of non-ortho nitro benzene ring substituents is 1. The standard InChI is InChI=1S/C7H8N4O5S/c12-11(13)7-3-1-6(2-4-7)9-10-8-5-17(14,15)16/h1-5,9-10H,(H,14,15,16). The van der Waals surface area contributed by atoms with Gasteiger partial charge in [0.25, 0.3) is 5.69 Å². The third-order valence-corrected chi connectivity index (χ3v) is 1.90. The number of hydrazine groups is 1. The molecular weight excluding hydrogens is 252 g/mol. The summed E-state index contributed by atoms with van der Waals surface area (Å²) in [7, 11) is -4.28. The highest BCUT2D eigenvalue weighted by molar-refractivity contribution is 7.99. The van der Waals surface area contributed by atoms with E-state index in [4.69, 9.17) is 4.55 Å². The number of hydrazone groups is 1. The normalized spacial score (nSPS) is 11.4. The van der Waals surface area contributed by atoms with Gasteiger partial charge in [0.1, 0.15) is 0 Å². The molecule has 0 atom stereocenters. The molecule has 1 rings (SSSR count). The summed E-state index contributed by atoms with van der Waals surface area (Å²) >= 11 is 0. The Morgan fingerprint density at radius 3 is 2.41 bits per heavy atom. The largest absolute Gasteiger partial charge is 0.306 e. The van der Waals surface area contributed by atoms with E-state index in [-0.39, 0.29) is 5.69 Å². The van der Waals surface area contributed by atoms with Crippen LogP contribution in [0.2, 0.25) is 0 Å². The summed E-state index contributed by atoms with van der Waals surface area (Å²) in [5.41, 5.74) is 5.21. The Morgan fingerprint density at radius 2 is 1.94 bits per heavy atom. The van der Waals surface area contributed by atoms with Crippen molar-refractivity contribution >= 4 is 27.0 Å². The topological polar surface area (TPSA) is 134 Å². The molecule has 0 saturated carbocycles. The number of rotatable bonds is 5. The molecule has 0 saturated heterocycles. The third-order valence-electron chi connectivity index (χ3n) is 1.53. The zero-order chi connectivity index (χ0) is 12.9. The molecule has 0 aliphatic carbocycles. The molecule has 0 aliphatic rings. The smallest absolute Gasteiger partial charge is 0.285 e. The van der Waals surface area contributed by atoms with Crippen molar-refractivity contribution in [3.05, 3.63) is 34.4 Å². The van der Waals surface area contributed by atoms with Crippen molar-refractivity contribution in [2.24, 2.45) is 5.10 Å². The Bertz CT molecular complexity index is 524. The van der Waals surface area contributed by atoms with Crippen molar-refractivity contribution < 1.29 is 17.9 Å². The molecule has 3 N–H and O–H groups in total. The summed E-state index contributed by atoms with van der Waals surface area (Å²) in [5.74, 6) is 0. The molecule has 1 aromatic carbocycles. The zero-order valence-electron chi connectivity index (χ0n) is 8.27. The van der Waals surface area contributed by atoms with Gasteiger partial charge >= 0.3 is 10.1 Å². The van der Waals surface area contributed by atoms with Crippen molar-refractivity contribution in [2.45, 2.75) is 0 Å². The van der Waals surface area contributed by atoms with Crippen LogP contribution >= 0.6 is 0 Å². The van der Waals surface area contributed by atoms with E-state index < -0.39 is 15.0 Å². The van der Waals surface area contributed by atoms with Crippen molar-refractivity contribution in [1.82, 2.24) is 5.53 Å². The Labute approximate surface area is 96.0 Å². The number of hydrogen-bond acceptors (Lipinski definition) is 7. The van der Waals surface area contributed by atoms with Gasteiger partial charge in [-0.05, 0) is 12.1 Å². The predicted octanol–water partition coefficient (Wildman–Crippen LogP) is 0.342. The Balaban J connectivity index is 2.54. The number of benzene rings is 1. The molecule has 0 unspecified atom stereocenters. The van der Waals surface area contributed by atoms with Gasteiger partial charge in [-0.1, -0.05) is 0 Å². The first-order valence-electron chi connectivity index (χ1n) is 4.14. The first-order chi connectivity index (χ1) is 7.88. The van der Waals surface area contributed by atoms with E-state index in [0.29, 0.717) is 11.2 Å². The van der Waals surface area contributed by atoms with Crippen LogP contribution in [-0.4, -0.2) is 23.4 Å². The summed E-state index contributed by atoms with van der Waals surface area (Å²) in [6.07, 6.45) is 0. The maximum atomic E-state index is 10.3. The minimum Gasteiger partial charge on any atom is -0.285 e. The maximum Gasteiger partial charge on any atom is 0.306 e. The molecule has 10 heteroatoms. The van der Waals surface area contributed by atoms with Crippen LogP contribution in [0.5, 0.6) is 0 Å². The van der Waals surface area contributed by atoms with Gasteiger partial charge in [0.2, 0.25) is 0 Å². The van der Waals surface area contributed by atoms with Crippen LogP contribution < -0.4 is 11.0 Å². The first-order valence-corrected chi connectivity index (χ1v) is 5.65. The number of nitro groups is 1. The monoisotopic (exact) mass is 260 g/mol. The van der Waals surface area contributed by atoms with Crippen LogP contribution in [0.3, 0.4) is 0 Å². The average molecular weight is 260 g/mol. The van der Waals surface area contributed by atoms with E-state index in [1.807, 2.05) is 0 Å². The maximum absolute atomic E-state index is 10.3. The minimum atomic E-state index is -4.28. The highest BCUT2D eigenvalue weighted by Gasteiger charge is 2.02. The van der Waals surface area contributed by atoms with Gasteiger partial charge in [0.15, 0.2) is 5.55 Å². The molecule has 0 fully saturated rings. The number of nitro benzene ring substituents is 1. The summed E-state index contributed by atoms with van der Waals surface area (Å²) in [6.45, 7) is 0. The van der Waals surface area contributed by atoms with Crippen molar-refractivity contribution in [2.75, 3.05) is 5.43 Å². The van der Waals surface area contributed by atoms with Gasteiger partial charge in [-0.3, -0.25) is 20.1 Å². The average Bonchev–Trinajstić information content (AvgIpc) is 2.24. The lowest BCUT2D eigenvalue weighted by Crippen LogP contribution is -2.16. The van der Waals surface area contributed by atoms with Crippen LogP contribution in [0, 0.1) is 10.1 Å². The molecule has 0 spiro atoms. The fourth-order valence-corrected chi connectivity index (χ4v) is 1.04. The molecule has 0 radical (unpaired) electrons. The molecule has 17 heavy (non-hydrogen) atoms. The third kappa shape index (κ3) is 4.90. The van der Waals surface area contributed by atoms with Gasteiger partial charge in [0.05, 0.1) is 10.6 Å². The van der Waals surface area contributed by atoms with E-state index in [1.165, 1.54) is 24.3 Å². The molecule has 0 heterocycles. The van der Waals surface area contributed by atoms with Crippen LogP contribution in [0.25, 0.3) is 0 Å². The van der Waals surface area contributed by atoms with Crippen LogP contribution in [-0.2, 0) is 10.1 Å². The minimum absolute atomic E-state index is 0.0722. The molecule has 0 bridgehead atoms. The Morgan fingerprint density at radius 1 is 1.35 bits per heavy atom. The van der Waals surface area contributed by atoms with E-state index in [1.54, 1.807) is 0 Å². The Kier molecular flexibility index (Phi) is 3.96. The number of hydrogen-bond donors (Lipinski definition) is 3. The van der Waals surface area contributed by atoms with Crippen molar-refractivity contribution in [3.63, 3.8) is 0 Å². The van der Waals surface area contributed by atoms with Gasteiger partial charge < -0.3 is 0 Å². The molecule has 9 nitrogen and oxygen atoms in total. The van der Waals surface area contributed by atoms with E-state index in [9.17, 15) is 18.5 Å². The summed E-state index contributed by atoms with van der Waals surface area (Å²) in [5, 5.41) is 13.5. The van der Waals surface area contributed by atoms with Gasteiger partial charge in [0, 0.05) is 12.1 Å². The van der Waals surface area contributed by atoms with Crippen LogP contribution in [0.4, 0.5) is 11.4 Å². The van der Waals surface area contributed by atoms with Gasteiger partial charge in [-0.2, -0.15) is 13.5 Å². The van der Waals surface area contributed by atoms with Crippen molar-refractivity contribution in [3.8, 4) is 0 Å². The van der Waals surface area contributed by atoms with Crippen LogP contribution in [0.15, 0.2) is 29.4 Å².